The van der Waals surface area contributed by atoms with Gasteiger partial charge in [0.05, 0.1) is 30.7 Å². The fourth-order valence-corrected chi connectivity index (χ4v) is 2.99. The molecule has 0 saturated carbocycles. The van der Waals surface area contributed by atoms with Crippen LogP contribution in [-0.4, -0.2) is 40.0 Å². The van der Waals surface area contributed by atoms with Crippen molar-refractivity contribution in [2.45, 2.75) is 24.1 Å². The molecule has 0 aromatic heterocycles. The first kappa shape index (κ1) is 11.9. The van der Waals surface area contributed by atoms with Crippen LogP contribution in [0.2, 0.25) is 0 Å². The molecule has 1 saturated heterocycles. The first-order valence-electron chi connectivity index (χ1n) is 5.37. The van der Waals surface area contributed by atoms with Crippen LogP contribution in [0.4, 0.5) is 0 Å². The third-order valence-corrected chi connectivity index (χ3v) is 4.07. The van der Waals surface area contributed by atoms with E-state index in [0.717, 1.165) is 5.56 Å². The quantitative estimate of drug-likeness (QED) is 0.825. The molecule has 0 spiro atoms. The summed E-state index contributed by atoms with van der Waals surface area (Å²) < 4.78 is 5.67. The zero-order valence-electron chi connectivity index (χ0n) is 8.95. The first-order chi connectivity index (χ1) is 7.81. The lowest BCUT2D eigenvalue weighted by molar-refractivity contribution is -0.0359. The minimum absolute atomic E-state index is 0.00119. The van der Waals surface area contributed by atoms with Crippen LogP contribution in [-0.2, 0) is 11.3 Å². The number of thioether (sulfide) groups is 1. The number of hydrogen-bond donors (Lipinski definition) is 2. The van der Waals surface area contributed by atoms with Gasteiger partial charge in [0, 0.05) is 5.75 Å². The Balaban J connectivity index is 1.89. The molecule has 0 radical (unpaired) electrons. The van der Waals surface area contributed by atoms with Gasteiger partial charge in [-0.25, -0.2) is 0 Å². The van der Waals surface area contributed by atoms with Gasteiger partial charge in [0.1, 0.15) is 0 Å². The van der Waals surface area contributed by atoms with E-state index in [9.17, 15) is 5.11 Å². The lowest BCUT2D eigenvalue weighted by Crippen LogP contribution is -2.34. The molecule has 1 fully saturated rings. The van der Waals surface area contributed by atoms with Gasteiger partial charge in [0.25, 0.3) is 0 Å². The van der Waals surface area contributed by atoms with Crippen molar-refractivity contribution in [3.8, 4) is 0 Å². The van der Waals surface area contributed by atoms with E-state index in [4.69, 9.17) is 9.84 Å². The van der Waals surface area contributed by atoms with Crippen LogP contribution in [0.15, 0.2) is 30.3 Å². The summed E-state index contributed by atoms with van der Waals surface area (Å²) in [5.41, 5.74) is 1.09. The number of hydrogen-bond acceptors (Lipinski definition) is 4. The fourth-order valence-electron chi connectivity index (χ4n) is 1.80. The second kappa shape index (κ2) is 5.68. The van der Waals surface area contributed by atoms with Gasteiger partial charge < -0.3 is 14.9 Å². The second-order valence-corrected chi connectivity index (χ2v) is 5.16. The predicted octanol–water partition coefficient (Wildman–Crippen LogP) is 1.04. The molecule has 0 unspecified atom stereocenters. The molecule has 0 amide bonds. The van der Waals surface area contributed by atoms with Crippen LogP contribution in [0.1, 0.15) is 5.56 Å². The molecule has 3 nitrogen and oxygen atoms in total. The van der Waals surface area contributed by atoms with Crippen molar-refractivity contribution in [2.75, 3.05) is 12.4 Å². The Morgan fingerprint density at radius 2 is 2.06 bits per heavy atom. The molecule has 3 atom stereocenters. The average Bonchev–Trinajstić information content (AvgIpc) is 2.69. The molecular formula is C12H16O3S. The highest BCUT2D eigenvalue weighted by molar-refractivity contribution is 8.00. The van der Waals surface area contributed by atoms with E-state index in [0.29, 0.717) is 12.4 Å². The summed E-state index contributed by atoms with van der Waals surface area (Å²) in [6, 6.07) is 9.86. The minimum atomic E-state index is -0.467. The molecule has 88 valence electrons. The Morgan fingerprint density at radius 3 is 2.75 bits per heavy atom. The maximum atomic E-state index is 9.71. The third kappa shape index (κ3) is 2.77. The van der Waals surface area contributed by atoms with Crippen LogP contribution in [0.25, 0.3) is 0 Å². The second-order valence-electron chi connectivity index (χ2n) is 3.88. The Labute approximate surface area is 99.4 Å². The van der Waals surface area contributed by atoms with Crippen LogP contribution < -0.4 is 0 Å². The monoisotopic (exact) mass is 240 g/mol. The van der Waals surface area contributed by atoms with Crippen LogP contribution in [0, 0.1) is 0 Å². The molecule has 1 aromatic carbocycles. The van der Waals surface area contributed by atoms with Crippen molar-refractivity contribution in [1.29, 1.82) is 0 Å². The number of aliphatic hydroxyl groups excluding tert-OH is 2. The van der Waals surface area contributed by atoms with Crippen LogP contribution in [0.5, 0.6) is 0 Å². The van der Waals surface area contributed by atoms with Crippen LogP contribution >= 0.6 is 11.8 Å². The summed E-state index contributed by atoms with van der Waals surface area (Å²) in [4.78, 5) is 0. The van der Waals surface area contributed by atoms with Crippen molar-refractivity contribution in [1.82, 2.24) is 0 Å². The molecular weight excluding hydrogens is 224 g/mol. The zero-order chi connectivity index (χ0) is 11.4. The maximum absolute atomic E-state index is 9.71. The lowest BCUT2D eigenvalue weighted by atomic mass is 10.1. The molecule has 2 rings (SSSR count). The Kier molecular flexibility index (Phi) is 4.23. The van der Waals surface area contributed by atoms with Crippen molar-refractivity contribution in [3.63, 3.8) is 0 Å². The van der Waals surface area contributed by atoms with Gasteiger partial charge in [-0.15, -0.1) is 0 Å². The highest BCUT2D eigenvalue weighted by Crippen LogP contribution is 2.29. The van der Waals surface area contributed by atoms with Gasteiger partial charge in [0.2, 0.25) is 0 Å². The fraction of sp³-hybridized carbons (Fsp3) is 0.500. The summed E-state index contributed by atoms with van der Waals surface area (Å²) in [6.07, 6.45) is -0.721. The minimum Gasteiger partial charge on any atom is -0.395 e. The number of benzene rings is 1. The first-order valence-corrected chi connectivity index (χ1v) is 6.42. The van der Waals surface area contributed by atoms with E-state index in [1.54, 1.807) is 11.8 Å². The van der Waals surface area contributed by atoms with E-state index in [1.807, 2.05) is 30.3 Å². The SMILES string of the molecule is OC[C@H]1SC[C@@H](O)[C@@H]1OCc1ccccc1. The Bertz CT molecular complexity index is 317. The van der Waals surface area contributed by atoms with Gasteiger partial charge in [0.15, 0.2) is 0 Å². The van der Waals surface area contributed by atoms with E-state index in [2.05, 4.69) is 0 Å². The van der Waals surface area contributed by atoms with Crippen molar-refractivity contribution < 1.29 is 14.9 Å². The molecule has 0 aliphatic carbocycles. The summed E-state index contributed by atoms with van der Waals surface area (Å²) in [5, 5.41) is 18.8. The normalized spacial score (nSPS) is 29.5. The topological polar surface area (TPSA) is 49.7 Å². The van der Waals surface area contributed by atoms with E-state index in [-0.39, 0.29) is 18.0 Å². The van der Waals surface area contributed by atoms with Gasteiger partial charge in [-0.1, -0.05) is 30.3 Å². The zero-order valence-corrected chi connectivity index (χ0v) is 9.77. The lowest BCUT2D eigenvalue weighted by Gasteiger charge is -2.20. The maximum Gasteiger partial charge on any atom is 0.0987 e. The van der Waals surface area contributed by atoms with Crippen LogP contribution in [0.3, 0.4) is 0 Å². The summed E-state index contributed by atoms with van der Waals surface area (Å²) >= 11 is 1.57. The molecule has 16 heavy (non-hydrogen) atoms. The molecule has 4 heteroatoms. The standard InChI is InChI=1S/C12H16O3S/c13-6-11-12(10(14)8-16-11)15-7-9-4-2-1-3-5-9/h1-5,10-14H,6-8H2/t10-,11-,12+/m1/s1. The molecule has 1 aliphatic rings. The van der Waals surface area contributed by atoms with Gasteiger partial charge in [-0.05, 0) is 5.56 Å². The van der Waals surface area contributed by atoms with Crippen molar-refractivity contribution >= 4 is 11.8 Å². The molecule has 1 heterocycles. The van der Waals surface area contributed by atoms with Gasteiger partial charge in [-0.2, -0.15) is 11.8 Å². The number of ether oxygens (including phenoxy) is 1. The largest absolute Gasteiger partial charge is 0.395 e. The van der Waals surface area contributed by atoms with Gasteiger partial charge in [-0.3, -0.25) is 0 Å². The van der Waals surface area contributed by atoms with E-state index >= 15 is 0 Å². The molecule has 1 aliphatic heterocycles. The summed E-state index contributed by atoms with van der Waals surface area (Å²) in [6.45, 7) is 0.542. The smallest absolute Gasteiger partial charge is 0.0987 e. The molecule has 1 aromatic rings. The molecule has 2 N–H and O–H groups in total. The third-order valence-electron chi connectivity index (χ3n) is 2.69. The van der Waals surface area contributed by atoms with Crippen molar-refractivity contribution in [3.05, 3.63) is 35.9 Å². The summed E-state index contributed by atoms with van der Waals surface area (Å²) in [5.74, 6) is 0.644. The van der Waals surface area contributed by atoms with Crippen molar-refractivity contribution in [2.24, 2.45) is 0 Å². The Morgan fingerprint density at radius 1 is 1.31 bits per heavy atom. The molecule has 0 bridgehead atoms. The average molecular weight is 240 g/mol. The van der Waals surface area contributed by atoms with E-state index < -0.39 is 6.10 Å². The predicted molar refractivity (Wildman–Crippen MR) is 64.4 cm³/mol. The Hall–Kier alpha value is -0.550. The van der Waals surface area contributed by atoms with E-state index in [1.165, 1.54) is 0 Å². The van der Waals surface area contributed by atoms with Gasteiger partial charge >= 0.3 is 0 Å². The number of rotatable bonds is 4. The highest BCUT2D eigenvalue weighted by atomic mass is 32.2. The summed E-state index contributed by atoms with van der Waals surface area (Å²) in [7, 11) is 0. The number of aliphatic hydroxyl groups is 2. The highest BCUT2D eigenvalue weighted by Gasteiger charge is 2.35.